The number of guanidine groups is 1. The number of aliphatic imine (C=N–C) groups is 1. The van der Waals surface area contributed by atoms with Crippen LogP contribution < -0.4 is 5.73 Å². The Morgan fingerprint density at radius 3 is 2.50 bits per heavy atom. The lowest BCUT2D eigenvalue weighted by atomic mass is 9.95. The average molecular weight is 294 g/mol. The van der Waals surface area contributed by atoms with Gasteiger partial charge in [0, 0.05) is 18.8 Å². The molecule has 2 aromatic rings. The van der Waals surface area contributed by atoms with Gasteiger partial charge in [0.05, 0.1) is 7.05 Å². The molecule has 22 heavy (non-hydrogen) atoms. The van der Waals surface area contributed by atoms with Crippen LogP contribution in [0.1, 0.15) is 22.9 Å². The van der Waals surface area contributed by atoms with Crippen molar-refractivity contribution >= 4 is 5.96 Å². The number of aryl methyl sites for hydroxylation is 1. The first-order valence-electron chi connectivity index (χ1n) is 7.01. The first kappa shape index (κ1) is 15.7. The first-order chi connectivity index (χ1) is 10.5. The molecule has 5 nitrogen and oxygen atoms in total. The van der Waals surface area contributed by atoms with Gasteiger partial charge in [-0.15, -0.1) is 5.26 Å². The van der Waals surface area contributed by atoms with E-state index >= 15 is 0 Å². The standard InChI is InChI=1S/C17H20N5/c1-13-8-4-5-9-14(13)16(15-10-6-7-11-21-15)22(3,12-18)17(19)20-2/h4-11,16H,1-3H3,(H2,19,20)/q+1. The highest BCUT2D eigenvalue weighted by atomic mass is 15.4. The van der Waals surface area contributed by atoms with E-state index in [0.29, 0.717) is 0 Å². The van der Waals surface area contributed by atoms with Crippen molar-refractivity contribution in [2.45, 2.75) is 13.0 Å². The average Bonchev–Trinajstić information content (AvgIpc) is 2.56. The highest BCUT2D eigenvalue weighted by Gasteiger charge is 2.42. The van der Waals surface area contributed by atoms with E-state index in [2.05, 4.69) is 16.2 Å². The highest BCUT2D eigenvalue weighted by Crippen LogP contribution is 2.33. The predicted molar refractivity (Wildman–Crippen MR) is 86.6 cm³/mol. The van der Waals surface area contributed by atoms with E-state index in [1.165, 1.54) is 0 Å². The number of pyridine rings is 1. The maximum absolute atomic E-state index is 9.80. The van der Waals surface area contributed by atoms with Crippen molar-refractivity contribution in [3.8, 4) is 6.19 Å². The van der Waals surface area contributed by atoms with Crippen LogP contribution in [0.15, 0.2) is 53.7 Å². The van der Waals surface area contributed by atoms with Crippen LogP contribution in [-0.4, -0.2) is 29.5 Å². The second-order valence-corrected chi connectivity index (χ2v) is 5.27. The van der Waals surface area contributed by atoms with Gasteiger partial charge in [0.15, 0.2) is 6.04 Å². The van der Waals surface area contributed by atoms with Gasteiger partial charge in [-0.05, 0) is 24.6 Å². The van der Waals surface area contributed by atoms with E-state index in [0.717, 1.165) is 16.8 Å². The van der Waals surface area contributed by atoms with Crippen molar-refractivity contribution in [1.29, 1.82) is 5.26 Å². The molecular weight excluding hydrogens is 274 g/mol. The lowest BCUT2D eigenvalue weighted by Crippen LogP contribution is -2.52. The quantitative estimate of drug-likeness (QED) is 0.408. The molecule has 1 heterocycles. The van der Waals surface area contributed by atoms with Crippen molar-refractivity contribution in [2.75, 3.05) is 14.1 Å². The molecule has 1 aromatic heterocycles. The molecule has 0 aliphatic carbocycles. The Morgan fingerprint density at radius 2 is 1.95 bits per heavy atom. The van der Waals surface area contributed by atoms with Crippen LogP contribution in [0.4, 0.5) is 0 Å². The molecule has 5 heteroatoms. The van der Waals surface area contributed by atoms with Crippen LogP contribution in [0.25, 0.3) is 0 Å². The van der Waals surface area contributed by atoms with Gasteiger partial charge in [-0.1, -0.05) is 30.3 Å². The van der Waals surface area contributed by atoms with Gasteiger partial charge in [-0.3, -0.25) is 4.98 Å². The molecule has 2 atom stereocenters. The summed E-state index contributed by atoms with van der Waals surface area (Å²) < 4.78 is -0.182. The lowest BCUT2D eigenvalue weighted by molar-refractivity contribution is -0.782. The molecule has 0 aliphatic rings. The third-order valence-corrected chi connectivity index (χ3v) is 3.88. The van der Waals surface area contributed by atoms with Gasteiger partial charge in [-0.25, -0.2) is 4.99 Å². The van der Waals surface area contributed by atoms with Crippen molar-refractivity contribution in [1.82, 2.24) is 4.98 Å². The Kier molecular flexibility index (Phi) is 4.54. The summed E-state index contributed by atoms with van der Waals surface area (Å²) in [7, 11) is 3.35. The second-order valence-electron chi connectivity index (χ2n) is 5.27. The Bertz CT molecular complexity index is 717. The summed E-state index contributed by atoms with van der Waals surface area (Å²) in [6, 6.07) is 13.3. The van der Waals surface area contributed by atoms with Crippen molar-refractivity contribution < 1.29 is 4.48 Å². The molecule has 0 saturated heterocycles. The summed E-state index contributed by atoms with van der Waals surface area (Å²) in [5.41, 5.74) is 8.94. The van der Waals surface area contributed by atoms with Gasteiger partial charge in [-0.2, -0.15) is 4.48 Å². The van der Waals surface area contributed by atoms with Crippen LogP contribution in [0, 0.1) is 18.4 Å². The molecule has 0 saturated carbocycles. The maximum Gasteiger partial charge on any atom is 0.317 e. The van der Waals surface area contributed by atoms with Crippen LogP contribution in [0.5, 0.6) is 0 Å². The third-order valence-electron chi connectivity index (χ3n) is 3.88. The maximum atomic E-state index is 9.80. The molecule has 2 unspecified atom stereocenters. The number of rotatable bonds is 3. The Hall–Kier alpha value is -2.71. The minimum Gasteiger partial charge on any atom is -0.337 e. The number of benzene rings is 1. The SMILES string of the molecule is CN=C(N)[N+](C)(C#N)C(c1ccccn1)c1ccccc1C. The number of aromatic nitrogens is 1. The number of hydrogen-bond acceptors (Lipinski definition) is 3. The van der Waals surface area contributed by atoms with Gasteiger partial charge < -0.3 is 5.73 Å². The van der Waals surface area contributed by atoms with E-state index in [1.54, 1.807) is 20.3 Å². The fraction of sp³-hybridized carbons (Fsp3) is 0.235. The minimum atomic E-state index is -0.337. The lowest BCUT2D eigenvalue weighted by Gasteiger charge is -2.32. The second kappa shape index (κ2) is 6.37. The van der Waals surface area contributed by atoms with E-state index in [-0.39, 0.29) is 16.5 Å². The summed E-state index contributed by atoms with van der Waals surface area (Å²) in [6.45, 7) is 2.02. The summed E-state index contributed by atoms with van der Waals surface area (Å²) in [5.74, 6) is 0.251. The van der Waals surface area contributed by atoms with E-state index in [9.17, 15) is 5.26 Å². The zero-order chi connectivity index (χ0) is 16.2. The van der Waals surface area contributed by atoms with E-state index in [1.807, 2.05) is 49.4 Å². The topological polar surface area (TPSA) is 75.1 Å². The fourth-order valence-electron chi connectivity index (χ4n) is 2.58. The van der Waals surface area contributed by atoms with Crippen molar-refractivity contribution in [3.63, 3.8) is 0 Å². The molecule has 1 aromatic carbocycles. The number of hydrogen-bond donors (Lipinski definition) is 1. The first-order valence-corrected chi connectivity index (χ1v) is 7.01. The molecule has 0 spiro atoms. The van der Waals surface area contributed by atoms with Crippen LogP contribution in [0.2, 0.25) is 0 Å². The van der Waals surface area contributed by atoms with Gasteiger partial charge in [0.2, 0.25) is 0 Å². The highest BCUT2D eigenvalue weighted by molar-refractivity contribution is 5.72. The Labute approximate surface area is 130 Å². The van der Waals surface area contributed by atoms with E-state index < -0.39 is 0 Å². The summed E-state index contributed by atoms with van der Waals surface area (Å²) in [4.78, 5) is 8.50. The Balaban J connectivity index is 2.73. The van der Waals surface area contributed by atoms with Gasteiger partial charge >= 0.3 is 12.2 Å². The molecule has 2 N–H and O–H groups in total. The molecule has 0 radical (unpaired) electrons. The molecule has 0 amide bonds. The largest absolute Gasteiger partial charge is 0.337 e. The fourth-order valence-corrected chi connectivity index (χ4v) is 2.58. The molecular formula is C17H20N5+. The summed E-state index contributed by atoms with van der Waals surface area (Å²) >= 11 is 0. The molecule has 0 aliphatic heterocycles. The van der Waals surface area contributed by atoms with Crippen LogP contribution in [0.3, 0.4) is 0 Å². The number of nitrogens with zero attached hydrogens (tertiary/aromatic N) is 4. The van der Waals surface area contributed by atoms with Crippen LogP contribution >= 0.6 is 0 Å². The minimum absolute atomic E-state index is 0.182. The monoisotopic (exact) mass is 294 g/mol. The number of quaternary nitrogens is 1. The summed E-state index contributed by atoms with van der Waals surface area (Å²) in [5, 5.41) is 9.80. The van der Waals surface area contributed by atoms with Crippen molar-refractivity contribution in [3.05, 3.63) is 65.5 Å². The summed E-state index contributed by atoms with van der Waals surface area (Å²) in [6.07, 6.45) is 4.02. The number of nitrogens with two attached hydrogens (primary N) is 1. The molecule has 0 bridgehead atoms. The molecule has 112 valence electrons. The van der Waals surface area contributed by atoms with Crippen LogP contribution in [-0.2, 0) is 0 Å². The zero-order valence-electron chi connectivity index (χ0n) is 13.1. The Morgan fingerprint density at radius 1 is 1.27 bits per heavy atom. The molecule has 2 rings (SSSR count). The third kappa shape index (κ3) is 2.69. The smallest absolute Gasteiger partial charge is 0.317 e. The van der Waals surface area contributed by atoms with Crippen molar-refractivity contribution in [2.24, 2.45) is 10.7 Å². The van der Waals surface area contributed by atoms with E-state index in [4.69, 9.17) is 5.73 Å². The van der Waals surface area contributed by atoms with Gasteiger partial charge in [0.25, 0.3) is 0 Å². The van der Waals surface area contributed by atoms with Gasteiger partial charge in [0.1, 0.15) is 5.69 Å². The zero-order valence-corrected chi connectivity index (χ0v) is 13.1. The normalized spacial score (nSPS) is 15.6. The number of nitriles is 1. The molecule has 0 fully saturated rings. The predicted octanol–water partition coefficient (Wildman–Crippen LogP) is 2.35.